The van der Waals surface area contributed by atoms with Gasteiger partial charge in [-0.05, 0) is 6.42 Å². The minimum absolute atomic E-state index is 0.0134. The zero-order valence-corrected chi connectivity index (χ0v) is 10.0. The van der Waals surface area contributed by atoms with Gasteiger partial charge in [0.1, 0.15) is 0 Å². The van der Waals surface area contributed by atoms with Crippen molar-refractivity contribution in [1.82, 2.24) is 0 Å². The largest absolute Gasteiger partial charge is 0.289 e. The number of ketones is 1. The summed E-state index contributed by atoms with van der Waals surface area (Å²) < 4.78 is 0. The zero-order chi connectivity index (χ0) is 12.3. The Hall–Kier alpha value is -1.89. The van der Waals surface area contributed by atoms with Crippen LogP contribution < -0.4 is 0 Å². The third-order valence-electron chi connectivity index (χ3n) is 3.17. The van der Waals surface area contributed by atoms with Gasteiger partial charge < -0.3 is 0 Å². The second-order valence-corrected chi connectivity index (χ2v) is 4.60. The van der Waals surface area contributed by atoms with Crippen molar-refractivity contribution in [3.8, 4) is 0 Å². The average molecular weight is 224 g/mol. The minimum atomic E-state index is -0.0134. The number of benzene rings is 1. The van der Waals surface area contributed by atoms with Gasteiger partial charge >= 0.3 is 0 Å². The predicted molar refractivity (Wildman–Crippen MR) is 70.9 cm³/mol. The van der Waals surface area contributed by atoms with Crippen LogP contribution in [0.3, 0.4) is 0 Å². The fourth-order valence-electron chi connectivity index (χ4n) is 1.82. The Morgan fingerprint density at radius 3 is 2.59 bits per heavy atom. The second-order valence-electron chi connectivity index (χ2n) is 4.60. The highest BCUT2D eigenvalue weighted by Crippen LogP contribution is 2.31. The van der Waals surface area contributed by atoms with E-state index >= 15 is 0 Å². The summed E-state index contributed by atoms with van der Waals surface area (Å²) in [6.45, 7) is 5.93. The summed E-state index contributed by atoms with van der Waals surface area (Å²) in [4.78, 5) is 12.2. The number of carbonyl (C=O) groups is 1. The maximum atomic E-state index is 12.2. The molecule has 0 saturated carbocycles. The van der Waals surface area contributed by atoms with Crippen LogP contribution in [0, 0.1) is 5.41 Å². The quantitative estimate of drug-likeness (QED) is 0.561. The van der Waals surface area contributed by atoms with Crippen LogP contribution in [-0.2, 0) is 0 Å². The van der Waals surface area contributed by atoms with Crippen LogP contribution in [0.15, 0.2) is 66.8 Å². The number of hydrogen-bond donors (Lipinski definition) is 0. The molecule has 1 nitrogen and oxygen atoms in total. The van der Waals surface area contributed by atoms with E-state index in [1.165, 1.54) is 0 Å². The Labute approximate surface area is 102 Å². The fraction of sp³-hybridized carbons (Fsp3) is 0.188. The lowest BCUT2D eigenvalue weighted by atomic mass is 9.81. The van der Waals surface area contributed by atoms with E-state index in [9.17, 15) is 4.79 Å². The first-order chi connectivity index (χ1) is 8.14. The van der Waals surface area contributed by atoms with E-state index in [0.29, 0.717) is 0 Å². The van der Waals surface area contributed by atoms with Crippen molar-refractivity contribution in [3.63, 3.8) is 0 Å². The van der Waals surface area contributed by atoms with Crippen molar-refractivity contribution < 1.29 is 4.79 Å². The van der Waals surface area contributed by atoms with Gasteiger partial charge in [-0.25, -0.2) is 0 Å². The molecule has 17 heavy (non-hydrogen) atoms. The van der Waals surface area contributed by atoms with Crippen molar-refractivity contribution in [2.75, 3.05) is 0 Å². The van der Waals surface area contributed by atoms with Crippen LogP contribution in [0.1, 0.15) is 23.7 Å². The molecule has 1 aromatic carbocycles. The van der Waals surface area contributed by atoms with Crippen LogP contribution in [-0.4, -0.2) is 5.78 Å². The van der Waals surface area contributed by atoms with Crippen molar-refractivity contribution in [1.29, 1.82) is 0 Å². The fourth-order valence-corrected chi connectivity index (χ4v) is 1.82. The Kier molecular flexibility index (Phi) is 3.10. The first-order valence-electron chi connectivity index (χ1n) is 5.77. The Balaban J connectivity index is 2.20. The maximum absolute atomic E-state index is 12.2. The van der Waals surface area contributed by atoms with Crippen LogP contribution in [0.2, 0.25) is 0 Å². The molecule has 0 bridgehead atoms. The molecule has 86 valence electrons. The van der Waals surface area contributed by atoms with Gasteiger partial charge in [-0.1, -0.05) is 61.6 Å². The smallest absolute Gasteiger partial charge is 0.192 e. The summed E-state index contributed by atoms with van der Waals surface area (Å²) in [5.41, 5.74) is 1.50. The van der Waals surface area contributed by atoms with Crippen molar-refractivity contribution in [2.24, 2.45) is 5.41 Å². The van der Waals surface area contributed by atoms with Crippen LogP contribution in [0.5, 0.6) is 0 Å². The van der Waals surface area contributed by atoms with Crippen molar-refractivity contribution in [2.45, 2.75) is 13.3 Å². The number of allylic oxidation sites excluding steroid dienone is 5. The second kappa shape index (κ2) is 4.54. The number of carbonyl (C=O) groups excluding carboxylic acids is 1. The van der Waals surface area contributed by atoms with Crippen LogP contribution in [0.25, 0.3) is 0 Å². The SMILES string of the molecule is C=CC1(C)C=CC(C(=O)c2ccccc2)=CC1. The van der Waals surface area contributed by atoms with Crippen molar-refractivity contribution in [3.05, 3.63) is 72.4 Å². The molecule has 0 amide bonds. The van der Waals surface area contributed by atoms with Gasteiger partial charge in [-0.15, -0.1) is 6.58 Å². The molecule has 0 saturated heterocycles. The molecule has 1 unspecified atom stereocenters. The molecule has 0 N–H and O–H groups in total. The van der Waals surface area contributed by atoms with Crippen LogP contribution >= 0.6 is 0 Å². The summed E-state index contributed by atoms with van der Waals surface area (Å²) in [5, 5.41) is 0. The van der Waals surface area contributed by atoms with E-state index < -0.39 is 0 Å². The third-order valence-corrected chi connectivity index (χ3v) is 3.17. The van der Waals surface area contributed by atoms with Gasteiger partial charge in [0.25, 0.3) is 0 Å². The van der Waals surface area contributed by atoms with Gasteiger partial charge in [0.15, 0.2) is 5.78 Å². The molecule has 0 aromatic heterocycles. The van der Waals surface area contributed by atoms with E-state index in [2.05, 4.69) is 19.6 Å². The highest BCUT2D eigenvalue weighted by atomic mass is 16.1. The molecular formula is C16H16O. The number of Topliss-reactive ketones (excluding diaryl/α,β-unsaturated/α-hetero) is 1. The van der Waals surface area contributed by atoms with Gasteiger partial charge in [0, 0.05) is 16.6 Å². The molecule has 1 aromatic rings. The lowest BCUT2D eigenvalue weighted by Gasteiger charge is -2.23. The molecule has 0 fully saturated rings. The molecule has 1 aliphatic carbocycles. The minimum Gasteiger partial charge on any atom is -0.289 e. The van der Waals surface area contributed by atoms with E-state index in [0.717, 1.165) is 17.6 Å². The van der Waals surface area contributed by atoms with Crippen LogP contribution in [0.4, 0.5) is 0 Å². The molecular weight excluding hydrogens is 208 g/mol. The molecule has 1 atom stereocenters. The summed E-state index contributed by atoms with van der Waals surface area (Å²) in [5.74, 6) is 0.0907. The molecule has 1 aliphatic rings. The van der Waals surface area contributed by atoms with E-state index in [4.69, 9.17) is 0 Å². The highest BCUT2D eigenvalue weighted by molar-refractivity contribution is 6.10. The Morgan fingerprint density at radius 1 is 1.35 bits per heavy atom. The Bertz CT molecular complexity index is 494. The zero-order valence-electron chi connectivity index (χ0n) is 10.0. The number of hydrogen-bond acceptors (Lipinski definition) is 1. The van der Waals surface area contributed by atoms with E-state index in [1.807, 2.05) is 48.6 Å². The normalized spacial score (nSPS) is 23.0. The van der Waals surface area contributed by atoms with Crippen molar-refractivity contribution >= 4 is 5.78 Å². The van der Waals surface area contributed by atoms with E-state index in [1.54, 1.807) is 0 Å². The topological polar surface area (TPSA) is 17.1 Å². The molecule has 2 rings (SSSR count). The molecule has 1 heteroatoms. The molecule has 0 spiro atoms. The standard InChI is InChI=1S/C16H16O/c1-3-16(2)11-9-14(10-12-16)15(17)13-7-5-4-6-8-13/h3-11H,1,12H2,2H3. The monoisotopic (exact) mass is 224 g/mol. The third kappa shape index (κ3) is 2.44. The molecule has 0 aliphatic heterocycles. The van der Waals surface area contributed by atoms with Gasteiger partial charge in [-0.2, -0.15) is 0 Å². The summed E-state index contributed by atoms with van der Waals surface area (Å²) in [6.07, 6.45) is 8.71. The lowest BCUT2D eigenvalue weighted by molar-refractivity contribution is 0.103. The number of rotatable bonds is 3. The first kappa shape index (κ1) is 11.6. The van der Waals surface area contributed by atoms with Gasteiger partial charge in [0.05, 0.1) is 0 Å². The predicted octanol–water partition coefficient (Wildman–Crippen LogP) is 3.95. The summed E-state index contributed by atoms with van der Waals surface area (Å²) in [6, 6.07) is 9.37. The highest BCUT2D eigenvalue weighted by Gasteiger charge is 2.21. The lowest BCUT2D eigenvalue weighted by Crippen LogP contribution is -2.13. The summed E-state index contributed by atoms with van der Waals surface area (Å²) in [7, 11) is 0. The Morgan fingerprint density at radius 2 is 2.06 bits per heavy atom. The van der Waals surface area contributed by atoms with E-state index in [-0.39, 0.29) is 11.2 Å². The maximum Gasteiger partial charge on any atom is 0.192 e. The average Bonchev–Trinajstić information content (AvgIpc) is 2.40. The first-order valence-corrected chi connectivity index (χ1v) is 5.77. The molecule has 0 radical (unpaired) electrons. The summed E-state index contributed by atoms with van der Waals surface area (Å²) >= 11 is 0. The molecule has 0 heterocycles. The van der Waals surface area contributed by atoms with Gasteiger partial charge in [-0.3, -0.25) is 4.79 Å². The van der Waals surface area contributed by atoms with Gasteiger partial charge in [0.2, 0.25) is 0 Å².